The molecule has 1 aliphatic carbocycles. The molecule has 0 unspecified atom stereocenters. The molecule has 100 valence electrons. The lowest BCUT2D eigenvalue weighted by Gasteiger charge is -2.22. The smallest absolute Gasteiger partial charge is 0.342 e. The van der Waals surface area contributed by atoms with Crippen LogP contribution >= 0.6 is 0 Å². The molecule has 0 atom stereocenters. The van der Waals surface area contributed by atoms with Crippen molar-refractivity contribution in [3.8, 4) is 6.07 Å². The summed E-state index contributed by atoms with van der Waals surface area (Å²) in [7, 11) is 0. The van der Waals surface area contributed by atoms with Gasteiger partial charge >= 0.3 is 5.97 Å². The lowest BCUT2D eigenvalue weighted by molar-refractivity contribution is 0.0528. The fourth-order valence-corrected chi connectivity index (χ4v) is 2.61. The zero-order valence-corrected chi connectivity index (χ0v) is 11.0. The Morgan fingerprint density at radius 3 is 2.47 bits per heavy atom. The Morgan fingerprint density at radius 2 is 1.89 bits per heavy atom. The topological polar surface area (TPSA) is 102 Å². The van der Waals surface area contributed by atoms with Crippen molar-refractivity contribution in [2.75, 3.05) is 18.1 Å². The van der Waals surface area contributed by atoms with Crippen LogP contribution in [0.4, 0.5) is 11.4 Å². The first kappa shape index (κ1) is 13.2. The number of benzene rings is 1. The van der Waals surface area contributed by atoms with Gasteiger partial charge in [0.25, 0.3) is 0 Å². The molecule has 0 heterocycles. The first-order chi connectivity index (χ1) is 9.11. The van der Waals surface area contributed by atoms with Crippen molar-refractivity contribution in [2.24, 2.45) is 0 Å². The van der Waals surface area contributed by atoms with Crippen LogP contribution in [0.3, 0.4) is 0 Å². The van der Waals surface area contributed by atoms with Gasteiger partial charge in [0.15, 0.2) is 0 Å². The number of fused-ring (bicyclic) bond motifs is 1. The monoisotopic (exact) mass is 259 g/mol. The molecular weight excluding hydrogens is 242 g/mol. The second-order valence-corrected chi connectivity index (χ2v) is 4.57. The van der Waals surface area contributed by atoms with Crippen LogP contribution in [0.2, 0.25) is 0 Å². The maximum atomic E-state index is 11.9. The summed E-state index contributed by atoms with van der Waals surface area (Å²) < 4.78 is 4.97. The highest BCUT2D eigenvalue weighted by Gasteiger charge is 2.26. The van der Waals surface area contributed by atoms with Crippen molar-refractivity contribution in [1.29, 1.82) is 5.26 Å². The molecule has 0 aliphatic heterocycles. The minimum Gasteiger partial charge on any atom is -0.462 e. The van der Waals surface area contributed by atoms with Gasteiger partial charge in [-0.3, -0.25) is 0 Å². The van der Waals surface area contributed by atoms with Gasteiger partial charge in [-0.15, -0.1) is 0 Å². The molecule has 0 fully saturated rings. The van der Waals surface area contributed by atoms with E-state index in [0.717, 1.165) is 36.8 Å². The molecule has 5 heteroatoms. The molecule has 0 spiro atoms. The summed E-state index contributed by atoms with van der Waals surface area (Å²) in [5, 5.41) is 9.28. The van der Waals surface area contributed by atoms with Crippen LogP contribution in [0.1, 0.15) is 46.8 Å². The van der Waals surface area contributed by atoms with E-state index in [2.05, 4.69) is 6.07 Å². The van der Waals surface area contributed by atoms with E-state index in [9.17, 15) is 10.1 Å². The van der Waals surface area contributed by atoms with Gasteiger partial charge < -0.3 is 16.2 Å². The highest BCUT2D eigenvalue weighted by molar-refractivity contribution is 6.03. The molecule has 0 bridgehead atoms. The van der Waals surface area contributed by atoms with Crippen LogP contribution in [0, 0.1) is 11.3 Å². The van der Waals surface area contributed by atoms with Crippen molar-refractivity contribution >= 4 is 17.3 Å². The van der Waals surface area contributed by atoms with Gasteiger partial charge in [-0.05, 0) is 43.7 Å². The Hall–Kier alpha value is -2.22. The highest BCUT2D eigenvalue weighted by Crippen LogP contribution is 2.36. The van der Waals surface area contributed by atoms with Gasteiger partial charge in [-0.1, -0.05) is 0 Å². The molecule has 1 aromatic rings. The molecular formula is C14H17N3O2. The van der Waals surface area contributed by atoms with Crippen molar-refractivity contribution < 1.29 is 9.53 Å². The number of ether oxygens (including phenoxy) is 1. The van der Waals surface area contributed by atoms with Gasteiger partial charge in [0.1, 0.15) is 11.6 Å². The number of anilines is 2. The molecule has 1 aromatic carbocycles. The number of hydrogen-bond acceptors (Lipinski definition) is 5. The van der Waals surface area contributed by atoms with E-state index in [1.54, 1.807) is 6.92 Å². The number of rotatable bonds is 2. The predicted octanol–water partition coefficient (Wildman–Crippen LogP) is 1.78. The van der Waals surface area contributed by atoms with E-state index in [1.807, 2.05) is 0 Å². The van der Waals surface area contributed by atoms with Gasteiger partial charge in [0.05, 0.1) is 23.5 Å². The van der Waals surface area contributed by atoms with E-state index in [-0.39, 0.29) is 17.9 Å². The number of nitrogens with zero attached hydrogens (tertiary/aromatic N) is 1. The Morgan fingerprint density at radius 1 is 1.26 bits per heavy atom. The average molecular weight is 259 g/mol. The zero-order valence-electron chi connectivity index (χ0n) is 11.0. The summed E-state index contributed by atoms with van der Waals surface area (Å²) in [5.41, 5.74) is 14.9. The Kier molecular flexibility index (Phi) is 3.61. The largest absolute Gasteiger partial charge is 0.462 e. The minimum absolute atomic E-state index is 0.152. The molecule has 2 rings (SSSR count). The summed E-state index contributed by atoms with van der Waals surface area (Å²) in [6.07, 6.45) is 3.59. The summed E-state index contributed by atoms with van der Waals surface area (Å²) >= 11 is 0. The SMILES string of the molecule is CCOC(=O)c1c(N)c(C#N)c2c(c1N)CCCC2. The molecule has 5 nitrogen and oxygen atoms in total. The Bertz CT molecular complexity index is 573. The first-order valence-corrected chi connectivity index (χ1v) is 6.41. The number of carbonyl (C=O) groups is 1. The van der Waals surface area contributed by atoms with Crippen molar-refractivity contribution in [3.05, 3.63) is 22.3 Å². The van der Waals surface area contributed by atoms with Gasteiger partial charge in [-0.25, -0.2) is 4.79 Å². The first-order valence-electron chi connectivity index (χ1n) is 6.41. The molecule has 1 aliphatic rings. The van der Waals surface area contributed by atoms with E-state index in [1.165, 1.54) is 0 Å². The molecule has 19 heavy (non-hydrogen) atoms. The molecule has 0 amide bonds. The zero-order chi connectivity index (χ0) is 14.0. The fourth-order valence-electron chi connectivity index (χ4n) is 2.61. The quantitative estimate of drug-likeness (QED) is 0.622. The predicted molar refractivity (Wildman–Crippen MR) is 72.6 cm³/mol. The third-order valence-corrected chi connectivity index (χ3v) is 3.49. The molecule has 4 N–H and O–H groups in total. The Labute approximate surface area is 112 Å². The van der Waals surface area contributed by atoms with Crippen LogP contribution in [-0.4, -0.2) is 12.6 Å². The summed E-state index contributed by atoms with van der Waals surface area (Å²) in [6, 6.07) is 2.10. The third-order valence-electron chi connectivity index (χ3n) is 3.49. The molecule has 0 aromatic heterocycles. The molecule has 0 radical (unpaired) electrons. The second kappa shape index (κ2) is 5.19. The normalized spacial score (nSPS) is 13.5. The van der Waals surface area contributed by atoms with Crippen LogP contribution < -0.4 is 11.5 Å². The number of esters is 1. The second-order valence-electron chi connectivity index (χ2n) is 4.57. The van der Waals surface area contributed by atoms with Crippen molar-refractivity contribution in [3.63, 3.8) is 0 Å². The van der Waals surface area contributed by atoms with E-state index < -0.39 is 5.97 Å². The van der Waals surface area contributed by atoms with Gasteiger partial charge in [0, 0.05) is 0 Å². The fraction of sp³-hybridized carbons (Fsp3) is 0.429. The van der Waals surface area contributed by atoms with Crippen LogP contribution in [0.25, 0.3) is 0 Å². The lowest BCUT2D eigenvalue weighted by Crippen LogP contribution is -2.18. The highest BCUT2D eigenvalue weighted by atomic mass is 16.5. The Balaban J connectivity index is 2.68. The van der Waals surface area contributed by atoms with Gasteiger partial charge in [-0.2, -0.15) is 5.26 Å². The van der Waals surface area contributed by atoms with E-state index >= 15 is 0 Å². The maximum Gasteiger partial charge on any atom is 0.342 e. The number of carbonyl (C=O) groups excluding carboxylic acids is 1. The number of nitrogens with two attached hydrogens (primary N) is 2. The summed E-state index contributed by atoms with van der Waals surface area (Å²) in [4.78, 5) is 11.9. The number of nitriles is 1. The summed E-state index contributed by atoms with van der Waals surface area (Å²) in [5.74, 6) is -0.553. The minimum atomic E-state index is -0.553. The lowest BCUT2D eigenvalue weighted by atomic mass is 9.84. The number of hydrogen-bond donors (Lipinski definition) is 2. The molecule has 0 saturated carbocycles. The summed E-state index contributed by atoms with van der Waals surface area (Å²) in [6.45, 7) is 1.96. The molecule has 0 saturated heterocycles. The van der Waals surface area contributed by atoms with E-state index in [4.69, 9.17) is 16.2 Å². The number of nitrogen functional groups attached to an aromatic ring is 2. The van der Waals surface area contributed by atoms with E-state index in [0.29, 0.717) is 11.3 Å². The van der Waals surface area contributed by atoms with Crippen molar-refractivity contribution in [2.45, 2.75) is 32.6 Å². The van der Waals surface area contributed by atoms with Gasteiger partial charge in [0.2, 0.25) is 0 Å². The third kappa shape index (κ3) is 2.10. The average Bonchev–Trinajstić information content (AvgIpc) is 2.40. The van der Waals surface area contributed by atoms with Crippen LogP contribution in [-0.2, 0) is 17.6 Å². The van der Waals surface area contributed by atoms with Crippen LogP contribution in [0.15, 0.2) is 0 Å². The van der Waals surface area contributed by atoms with Crippen LogP contribution in [0.5, 0.6) is 0 Å². The van der Waals surface area contributed by atoms with Crippen molar-refractivity contribution in [1.82, 2.24) is 0 Å². The maximum absolute atomic E-state index is 11.9. The standard InChI is InChI=1S/C14H17N3O2/c1-2-19-14(18)11-12(16)9-6-4-3-5-8(9)10(7-15)13(11)17/h2-6,16-17H2,1H3.